The SMILES string of the molecule is CC[C@H]1O[C@H](C)[C@H](C)[C@@H](C)[C@@H]1O[C@@H]1O[C@H](C)[C@@H](O[C@H]2O[C@H](CO)[C@@H](OCCOCCOCCN=[N+]=[N-])[C@H](C)[C@H]2C)[C@H](C)[C@H]1C.[Ac]. The summed E-state index contributed by atoms with van der Waals surface area (Å²) in [7, 11) is 0. The van der Waals surface area contributed by atoms with Gasteiger partial charge in [-0.15, -0.1) is 0 Å². The van der Waals surface area contributed by atoms with Crippen molar-refractivity contribution in [2.45, 2.75) is 124 Å². The zero-order valence-electron chi connectivity index (χ0n) is 28.9. The predicted octanol–water partition coefficient (Wildman–Crippen LogP) is 4.96. The number of aliphatic hydroxyl groups is 1. The summed E-state index contributed by atoms with van der Waals surface area (Å²) in [6.07, 6.45) is -0.882. The van der Waals surface area contributed by atoms with Gasteiger partial charge in [0.2, 0.25) is 0 Å². The van der Waals surface area contributed by atoms with Crippen LogP contribution in [-0.4, -0.2) is 107 Å². The molecule has 0 unspecified atom stereocenters. The zero-order valence-corrected chi connectivity index (χ0v) is 33.7. The molecule has 3 aliphatic rings. The smallest absolute Gasteiger partial charge is 0.161 e. The maximum absolute atomic E-state index is 10.2. The Balaban J connectivity index is 0.00000705. The van der Waals surface area contributed by atoms with Gasteiger partial charge in [-0.05, 0) is 49.5 Å². The summed E-state index contributed by atoms with van der Waals surface area (Å²) in [5.41, 5.74) is 8.27. The molecule has 1 N–H and O–H groups in total. The summed E-state index contributed by atoms with van der Waals surface area (Å²) in [6, 6.07) is 0. The fourth-order valence-corrected chi connectivity index (χ4v) is 6.71. The van der Waals surface area contributed by atoms with Crippen LogP contribution >= 0.6 is 0 Å². The molecule has 3 aliphatic heterocycles. The van der Waals surface area contributed by atoms with Crippen LogP contribution in [0.4, 0.5) is 0 Å². The molecule has 0 aromatic rings. The average Bonchev–Trinajstić information content (AvgIpc) is 3.01. The predicted molar refractivity (Wildman–Crippen MR) is 165 cm³/mol. The van der Waals surface area contributed by atoms with Gasteiger partial charge in [0.15, 0.2) is 12.6 Å². The Morgan fingerprint density at radius 3 is 1.82 bits per heavy atom. The Hall–Kier alpha value is 0.392. The number of ether oxygens (including phenoxy) is 8. The van der Waals surface area contributed by atoms with E-state index in [1.807, 2.05) is 6.92 Å². The molecule has 45 heavy (non-hydrogen) atoms. The van der Waals surface area contributed by atoms with Gasteiger partial charge < -0.3 is 43.0 Å². The molecule has 0 bridgehead atoms. The van der Waals surface area contributed by atoms with E-state index in [9.17, 15) is 5.11 Å². The van der Waals surface area contributed by atoms with Crippen molar-refractivity contribution in [3.8, 4) is 0 Å². The van der Waals surface area contributed by atoms with Gasteiger partial charge in [-0.2, -0.15) is 0 Å². The summed E-state index contributed by atoms with van der Waals surface area (Å²) in [6.45, 7) is 21.6. The van der Waals surface area contributed by atoms with Crippen molar-refractivity contribution in [2.24, 2.45) is 40.6 Å². The minimum absolute atomic E-state index is 0. The van der Waals surface area contributed by atoms with E-state index in [4.69, 9.17) is 43.4 Å². The van der Waals surface area contributed by atoms with Crippen molar-refractivity contribution >= 4 is 0 Å². The Labute approximate surface area is 306 Å². The van der Waals surface area contributed by atoms with Gasteiger partial charge in [-0.1, -0.05) is 53.6 Å². The number of rotatable bonds is 16. The molecule has 1 radical (unpaired) electrons. The summed E-state index contributed by atoms with van der Waals surface area (Å²) in [5, 5.41) is 13.6. The first-order chi connectivity index (χ1) is 21.0. The van der Waals surface area contributed by atoms with Gasteiger partial charge in [0, 0.05) is 67.4 Å². The van der Waals surface area contributed by atoms with Crippen molar-refractivity contribution in [2.75, 3.05) is 46.2 Å². The third-order valence-electron chi connectivity index (χ3n) is 10.4. The topological polar surface area (TPSA) is 143 Å². The van der Waals surface area contributed by atoms with Crippen molar-refractivity contribution in [3.63, 3.8) is 0 Å². The van der Waals surface area contributed by atoms with Gasteiger partial charge in [-0.25, -0.2) is 0 Å². The fourth-order valence-electron chi connectivity index (χ4n) is 6.71. The Kier molecular flexibility index (Phi) is 19.2. The van der Waals surface area contributed by atoms with E-state index in [1.165, 1.54) is 0 Å². The van der Waals surface area contributed by atoms with E-state index in [1.54, 1.807) is 0 Å². The van der Waals surface area contributed by atoms with E-state index in [0.717, 1.165) is 6.42 Å². The summed E-state index contributed by atoms with van der Waals surface area (Å²) in [5.74, 6) is 1.15. The largest absolute Gasteiger partial charge is 0.394 e. The maximum Gasteiger partial charge on any atom is 0.161 e. The first-order valence-corrected chi connectivity index (χ1v) is 16.7. The van der Waals surface area contributed by atoms with Gasteiger partial charge >= 0.3 is 0 Å². The normalized spacial score (nSPS) is 42.0. The van der Waals surface area contributed by atoms with Crippen LogP contribution in [0.1, 0.15) is 68.7 Å². The third-order valence-corrected chi connectivity index (χ3v) is 10.4. The molecule has 12 nitrogen and oxygen atoms in total. The van der Waals surface area contributed by atoms with Crippen LogP contribution in [0.15, 0.2) is 5.11 Å². The van der Waals surface area contributed by atoms with E-state index >= 15 is 0 Å². The van der Waals surface area contributed by atoms with Crippen LogP contribution in [0.5, 0.6) is 0 Å². The number of hydrogen-bond acceptors (Lipinski definition) is 10. The molecular formula is C32H59AcN3O9. The molecule has 3 rings (SSSR count). The second-order valence-electron chi connectivity index (χ2n) is 13.1. The van der Waals surface area contributed by atoms with Crippen LogP contribution in [0, 0.1) is 79.6 Å². The molecule has 0 aliphatic carbocycles. The van der Waals surface area contributed by atoms with Gasteiger partial charge in [0.05, 0.1) is 76.3 Å². The van der Waals surface area contributed by atoms with Gasteiger partial charge in [-0.3, -0.25) is 0 Å². The van der Waals surface area contributed by atoms with Crippen LogP contribution in [-0.2, 0) is 37.9 Å². The zero-order chi connectivity index (χ0) is 32.4. The van der Waals surface area contributed by atoms with E-state index in [0.29, 0.717) is 51.4 Å². The molecular weight excluding hydrogens is 797 g/mol. The first kappa shape index (κ1) is 41.6. The van der Waals surface area contributed by atoms with Crippen LogP contribution in [0.25, 0.3) is 10.4 Å². The molecule has 0 amide bonds. The van der Waals surface area contributed by atoms with Crippen molar-refractivity contribution in [1.82, 2.24) is 0 Å². The standard InChI is InChI=1S/C32H59N3O9.Ac/c1-10-26-30(19(3)18(2)24(8)40-26)44-31-22(6)20(4)28(25(9)41-31)43-32-23(7)21(5)29(27(17-36)42-32)39-16-15-38-14-13-37-12-11-34-35-33;/h18-32,36H,10-17H2,1-9H3;/t18-,19-,20-,21-,22-,23-,24-,25-,26-,27-,28+,29+,30+,31+,32-;/m1./s1. The minimum Gasteiger partial charge on any atom is -0.394 e. The Morgan fingerprint density at radius 2 is 1.20 bits per heavy atom. The number of hydrogen-bond donors (Lipinski definition) is 1. The van der Waals surface area contributed by atoms with E-state index in [2.05, 4.69) is 65.4 Å². The van der Waals surface area contributed by atoms with Gasteiger partial charge in [0.25, 0.3) is 0 Å². The number of azide groups is 1. The van der Waals surface area contributed by atoms with Crippen LogP contribution in [0.2, 0.25) is 0 Å². The molecule has 0 saturated carbocycles. The number of aliphatic hydroxyl groups excluding tert-OH is 1. The van der Waals surface area contributed by atoms with Crippen molar-refractivity contribution in [1.29, 1.82) is 0 Å². The number of nitrogens with zero attached hydrogens (tertiary/aromatic N) is 3. The summed E-state index contributed by atoms with van der Waals surface area (Å²) < 4.78 is 49.6. The third kappa shape index (κ3) is 11.2. The molecule has 13 heteroatoms. The Morgan fingerprint density at radius 1 is 0.644 bits per heavy atom. The first-order valence-electron chi connectivity index (χ1n) is 16.7. The molecule has 3 heterocycles. The molecule has 3 saturated heterocycles. The van der Waals surface area contributed by atoms with Crippen LogP contribution in [0.3, 0.4) is 0 Å². The van der Waals surface area contributed by atoms with Crippen LogP contribution < -0.4 is 0 Å². The average molecular weight is 857 g/mol. The minimum atomic E-state index is -0.512. The molecule has 3 fully saturated rings. The monoisotopic (exact) mass is 856 g/mol. The molecule has 259 valence electrons. The second-order valence-corrected chi connectivity index (χ2v) is 13.1. The summed E-state index contributed by atoms with van der Waals surface area (Å²) >= 11 is 0. The Bertz CT molecular complexity index is 883. The van der Waals surface area contributed by atoms with Crippen molar-refractivity contribution < 1.29 is 87.1 Å². The van der Waals surface area contributed by atoms with Crippen molar-refractivity contribution in [3.05, 3.63) is 10.4 Å². The quantitative estimate of drug-likeness (QED) is 0.0987. The maximum atomic E-state index is 10.2. The molecule has 0 aromatic carbocycles. The molecule has 0 spiro atoms. The van der Waals surface area contributed by atoms with E-state index in [-0.39, 0.29) is 117 Å². The molecule has 0 aromatic heterocycles. The second kappa shape index (κ2) is 20.8. The molecule has 15 atom stereocenters. The fraction of sp³-hybridized carbons (Fsp3) is 1.00. The van der Waals surface area contributed by atoms with E-state index < -0.39 is 12.4 Å². The summed E-state index contributed by atoms with van der Waals surface area (Å²) in [4.78, 5) is 2.68. The van der Waals surface area contributed by atoms with Gasteiger partial charge in [0.1, 0.15) is 6.10 Å².